The van der Waals surface area contributed by atoms with E-state index in [-0.39, 0.29) is 11.8 Å². The fourth-order valence-corrected chi connectivity index (χ4v) is 2.08. The summed E-state index contributed by atoms with van der Waals surface area (Å²) in [4.78, 5) is 7.63. The molecule has 0 spiro atoms. The van der Waals surface area contributed by atoms with Gasteiger partial charge in [0.2, 0.25) is 0 Å². The Labute approximate surface area is 114 Å². The molecular formula is C16H19N3. The van der Waals surface area contributed by atoms with E-state index in [1.54, 1.807) is 0 Å². The lowest BCUT2D eigenvalue weighted by Gasteiger charge is -2.09. The number of aryl methyl sites for hydroxylation is 2. The van der Waals surface area contributed by atoms with Gasteiger partial charge in [0, 0.05) is 0 Å². The summed E-state index contributed by atoms with van der Waals surface area (Å²) in [7, 11) is 0. The standard InChI is InChI=1S/C16H19N3/c1-10(2)14(8-17)16-18-9-15(19-16)13-6-5-11(3)12(4)7-13/h5-7,9-10,14H,1-4H3,(H,18,19). The molecule has 1 aromatic heterocycles. The Bertz CT molecular complexity index is 617. The molecule has 3 nitrogen and oxygen atoms in total. The Balaban J connectivity index is 2.35. The molecule has 0 radical (unpaired) electrons. The Morgan fingerprint density at radius 3 is 2.53 bits per heavy atom. The molecule has 19 heavy (non-hydrogen) atoms. The summed E-state index contributed by atoms with van der Waals surface area (Å²) in [6.07, 6.45) is 1.81. The van der Waals surface area contributed by atoms with Crippen LogP contribution >= 0.6 is 0 Å². The van der Waals surface area contributed by atoms with E-state index >= 15 is 0 Å². The molecule has 1 N–H and O–H groups in total. The van der Waals surface area contributed by atoms with Crippen LogP contribution in [0.3, 0.4) is 0 Å². The van der Waals surface area contributed by atoms with Crippen molar-refractivity contribution < 1.29 is 0 Å². The van der Waals surface area contributed by atoms with Crippen LogP contribution in [0.15, 0.2) is 24.4 Å². The van der Waals surface area contributed by atoms with Gasteiger partial charge in [0.05, 0.1) is 18.0 Å². The van der Waals surface area contributed by atoms with Gasteiger partial charge < -0.3 is 4.98 Å². The number of nitriles is 1. The summed E-state index contributed by atoms with van der Waals surface area (Å²) in [5.41, 5.74) is 4.62. The molecule has 0 aliphatic rings. The quantitative estimate of drug-likeness (QED) is 0.900. The number of H-pyrrole nitrogens is 1. The first-order valence-electron chi connectivity index (χ1n) is 6.55. The van der Waals surface area contributed by atoms with E-state index in [9.17, 15) is 5.26 Å². The van der Waals surface area contributed by atoms with Crippen LogP contribution in [0.25, 0.3) is 11.3 Å². The predicted molar refractivity (Wildman–Crippen MR) is 76.7 cm³/mol. The van der Waals surface area contributed by atoms with E-state index in [4.69, 9.17) is 0 Å². The van der Waals surface area contributed by atoms with Gasteiger partial charge in [-0.1, -0.05) is 26.0 Å². The highest BCUT2D eigenvalue weighted by atomic mass is 14.9. The molecule has 0 bridgehead atoms. The van der Waals surface area contributed by atoms with Crippen molar-refractivity contribution in [2.45, 2.75) is 33.6 Å². The van der Waals surface area contributed by atoms with Crippen molar-refractivity contribution in [2.75, 3.05) is 0 Å². The molecule has 1 aromatic carbocycles. The van der Waals surface area contributed by atoms with E-state index in [1.165, 1.54) is 11.1 Å². The van der Waals surface area contributed by atoms with E-state index < -0.39 is 0 Å². The lowest BCUT2D eigenvalue weighted by atomic mass is 9.97. The minimum absolute atomic E-state index is 0.180. The largest absolute Gasteiger partial charge is 0.341 e. The van der Waals surface area contributed by atoms with Gasteiger partial charge in [-0.05, 0) is 42.5 Å². The molecule has 0 aliphatic heterocycles. The molecule has 1 unspecified atom stereocenters. The average molecular weight is 253 g/mol. The second kappa shape index (κ2) is 5.27. The van der Waals surface area contributed by atoms with Gasteiger partial charge in [0.15, 0.2) is 0 Å². The summed E-state index contributed by atoms with van der Waals surface area (Å²) in [6, 6.07) is 8.64. The zero-order valence-corrected chi connectivity index (χ0v) is 11.9. The highest BCUT2D eigenvalue weighted by molar-refractivity contribution is 5.60. The molecule has 2 rings (SSSR count). The summed E-state index contributed by atoms with van der Waals surface area (Å²) < 4.78 is 0. The third-order valence-electron chi connectivity index (χ3n) is 3.51. The van der Waals surface area contributed by atoms with Crippen molar-refractivity contribution in [1.82, 2.24) is 9.97 Å². The maximum absolute atomic E-state index is 9.20. The van der Waals surface area contributed by atoms with Gasteiger partial charge in [-0.15, -0.1) is 0 Å². The smallest absolute Gasteiger partial charge is 0.124 e. The Hall–Kier alpha value is -2.08. The van der Waals surface area contributed by atoms with Crippen LogP contribution in [-0.4, -0.2) is 9.97 Å². The summed E-state index contributed by atoms with van der Waals surface area (Å²) in [5, 5.41) is 9.20. The number of nitrogens with zero attached hydrogens (tertiary/aromatic N) is 2. The van der Waals surface area contributed by atoms with E-state index in [2.05, 4.69) is 48.1 Å². The first kappa shape index (κ1) is 13.4. The van der Waals surface area contributed by atoms with Crippen LogP contribution in [0.2, 0.25) is 0 Å². The molecule has 1 heterocycles. The topological polar surface area (TPSA) is 52.5 Å². The van der Waals surface area contributed by atoms with Crippen molar-refractivity contribution in [3.8, 4) is 17.3 Å². The minimum Gasteiger partial charge on any atom is -0.341 e. The number of benzene rings is 1. The number of nitrogens with one attached hydrogen (secondary N) is 1. The van der Waals surface area contributed by atoms with Gasteiger partial charge in [-0.3, -0.25) is 0 Å². The van der Waals surface area contributed by atoms with Crippen LogP contribution in [0.5, 0.6) is 0 Å². The number of imidazole rings is 1. The molecule has 0 fully saturated rings. The van der Waals surface area contributed by atoms with Crippen LogP contribution in [-0.2, 0) is 0 Å². The van der Waals surface area contributed by atoms with Crippen LogP contribution < -0.4 is 0 Å². The SMILES string of the molecule is Cc1ccc(-c2cnc(C(C#N)C(C)C)[nH]2)cc1C. The molecule has 98 valence electrons. The van der Waals surface area contributed by atoms with E-state index in [1.807, 2.05) is 20.0 Å². The summed E-state index contributed by atoms with van der Waals surface area (Å²) >= 11 is 0. The average Bonchev–Trinajstić information content (AvgIpc) is 2.82. The first-order chi connectivity index (χ1) is 9.02. The lowest BCUT2D eigenvalue weighted by molar-refractivity contribution is 0.566. The molecular weight excluding hydrogens is 234 g/mol. The predicted octanol–water partition coefficient (Wildman–Crippen LogP) is 3.96. The number of hydrogen-bond donors (Lipinski definition) is 1. The van der Waals surface area contributed by atoms with Crippen LogP contribution in [0.4, 0.5) is 0 Å². The monoisotopic (exact) mass is 253 g/mol. The number of hydrogen-bond acceptors (Lipinski definition) is 2. The molecule has 0 aliphatic carbocycles. The maximum atomic E-state index is 9.20. The Morgan fingerprint density at radius 2 is 1.95 bits per heavy atom. The third kappa shape index (κ3) is 2.68. The second-order valence-electron chi connectivity index (χ2n) is 5.33. The van der Waals surface area contributed by atoms with Gasteiger partial charge in [-0.2, -0.15) is 5.26 Å². The van der Waals surface area contributed by atoms with Crippen molar-refractivity contribution in [1.29, 1.82) is 5.26 Å². The number of rotatable bonds is 3. The molecule has 0 saturated carbocycles. The highest BCUT2D eigenvalue weighted by Gasteiger charge is 2.18. The van der Waals surface area contributed by atoms with Crippen molar-refractivity contribution in [3.05, 3.63) is 41.3 Å². The zero-order valence-electron chi connectivity index (χ0n) is 11.9. The van der Waals surface area contributed by atoms with E-state index in [0.717, 1.165) is 17.1 Å². The maximum Gasteiger partial charge on any atom is 0.124 e. The van der Waals surface area contributed by atoms with Crippen molar-refractivity contribution >= 4 is 0 Å². The molecule has 2 aromatic rings. The summed E-state index contributed by atoms with van der Waals surface area (Å²) in [6.45, 7) is 8.27. The Morgan fingerprint density at radius 1 is 1.21 bits per heavy atom. The van der Waals surface area contributed by atoms with Crippen molar-refractivity contribution in [2.24, 2.45) is 5.92 Å². The summed E-state index contributed by atoms with van der Waals surface area (Å²) in [5.74, 6) is 0.828. The number of aromatic amines is 1. The molecule has 0 amide bonds. The Kier molecular flexibility index (Phi) is 3.71. The molecule has 0 saturated heterocycles. The fourth-order valence-electron chi connectivity index (χ4n) is 2.08. The van der Waals surface area contributed by atoms with Crippen LogP contribution in [0, 0.1) is 31.1 Å². The second-order valence-corrected chi connectivity index (χ2v) is 5.33. The molecule has 1 atom stereocenters. The van der Waals surface area contributed by atoms with Gasteiger partial charge >= 0.3 is 0 Å². The highest BCUT2D eigenvalue weighted by Crippen LogP contribution is 2.25. The fraction of sp³-hybridized carbons (Fsp3) is 0.375. The van der Waals surface area contributed by atoms with Gasteiger partial charge in [0.25, 0.3) is 0 Å². The first-order valence-corrected chi connectivity index (χ1v) is 6.55. The van der Waals surface area contributed by atoms with Gasteiger partial charge in [-0.25, -0.2) is 4.98 Å². The van der Waals surface area contributed by atoms with Crippen molar-refractivity contribution in [3.63, 3.8) is 0 Å². The lowest BCUT2D eigenvalue weighted by Crippen LogP contribution is -2.05. The molecule has 3 heteroatoms. The number of aromatic nitrogens is 2. The normalized spacial score (nSPS) is 12.4. The van der Waals surface area contributed by atoms with Gasteiger partial charge in [0.1, 0.15) is 11.7 Å². The minimum atomic E-state index is -0.180. The zero-order chi connectivity index (χ0) is 14.0. The van der Waals surface area contributed by atoms with Crippen LogP contribution in [0.1, 0.15) is 36.7 Å². The third-order valence-corrected chi connectivity index (χ3v) is 3.51. The van der Waals surface area contributed by atoms with E-state index in [0.29, 0.717) is 0 Å².